The van der Waals surface area contributed by atoms with Crippen molar-refractivity contribution in [2.75, 3.05) is 26.2 Å². The molecular formula is C17H26N2O2. The van der Waals surface area contributed by atoms with Gasteiger partial charge in [-0.05, 0) is 58.7 Å². The van der Waals surface area contributed by atoms with E-state index in [4.69, 9.17) is 4.42 Å². The van der Waals surface area contributed by atoms with Crippen molar-refractivity contribution in [3.63, 3.8) is 0 Å². The first-order valence-corrected chi connectivity index (χ1v) is 7.74. The van der Waals surface area contributed by atoms with Crippen LogP contribution in [0.25, 0.3) is 0 Å². The molecule has 0 radical (unpaired) electrons. The van der Waals surface area contributed by atoms with Gasteiger partial charge >= 0.3 is 0 Å². The van der Waals surface area contributed by atoms with Gasteiger partial charge < -0.3 is 9.73 Å². The molecule has 0 saturated carbocycles. The number of piperidine rings is 1. The van der Waals surface area contributed by atoms with Crippen molar-refractivity contribution in [1.29, 1.82) is 0 Å². The smallest absolute Gasteiger partial charge is 0.287 e. The zero-order chi connectivity index (χ0) is 15.2. The Hall–Kier alpha value is -1.55. The number of likely N-dealkylation sites (tertiary alicyclic amines) is 1. The van der Waals surface area contributed by atoms with Gasteiger partial charge in [0.2, 0.25) is 0 Å². The molecule has 4 nitrogen and oxygen atoms in total. The van der Waals surface area contributed by atoms with Crippen molar-refractivity contribution in [2.24, 2.45) is 5.92 Å². The molecule has 1 saturated heterocycles. The lowest BCUT2D eigenvalue weighted by atomic mass is 9.96. The number of nitrogens with one attached hydrogen (secondary N) is 1. The van der Waals surface area contributed by atoms with E-state index in [2.05, 4.69) is 30.1 Å². The summed E-state index contributed by atoms with van der Waals surface area (Å²) in [6, 6.07) is 1.82. The van der Waals surface area contributed by atoms with Gasteiger partial charge in [0, 0.05) is 18.7 Å². The lowest BCUT2D eigenvalue weighted by molar-refractivity contribution is 0.0909. The molecule has 0 atom stereocenters. The Bertz CT molecular complexity index is 493. The maximum absolute atomic E-state index is 12.0. The number of nitrogens with zero attached hydrogens (tertiary/aromatic N) is 1. The monoisotopic (exact) mass is 290 g/mol. The van der Waals surface area contributed by atoms with Gasteiger partial charge in [0.25, 0.3) is 5.91 Å². The fraction of sp³-hybridized carbons (Fsp3) is 0.588. The van der Waals surface area contributed by atoms with E-state index < -0.39 is 0 Å². The first-order valence-electron chi connectivity index (χ1n) is 7.74. The van der Waals surface area contributed by atoms with Crippen LogP contribution in [0.3, 0.4) is 0 Å². The van der Waals surface area contributed by atoms with E-state index in [-0.39, 0.29) is 5.91 Å². The third-order valence-electron chi connectivity index (χ3n) is 4.08. The molecule has 1 aliphatic heterocycles. The number of allylic oxidation sites excluding steroid dienone is 1. The summed E-state index contributed by atoms with van der Waals surface area (Å²) in [6.07, 6.45) is 6.13. The predicted octanol–water partition coefficient (Wildman–Crippen LogP) is 3.00. The van der Waals surface area contributed by atoms with Gasteiger partial charge in [-0.2, -0.15) is 0 Å². The second-order valence-electron chi connectivity index (χ2n) is 6.17. The topological polar surface area (TPSA) is 45.5 Å². The van der Waals surface area contributed by atoms with Gasteiger partial charge in [-0.25, -0.2) is 0 Å². The van der Waals surface area contributed by atoms with Crippen LogP contribution in [-0.4, -0.2) is 37.0 Å². The van der Waals surface area contributed by atoms with Gasteiger partial charge in [0.05, 0.1) is 6.26 Å². The van der Waals surface area contributed by atoms with Gasteiger partial charge in [0.15, 0.2) is 5.76 Å². The third-order valence-corrected chi connectivity index (χ3v) is 4.08. The van der Waals surface area contributed by atoms with Gasteiger partial charge in [-0.15, -0.1) is 0 Å². The van der Waals surface area contributed by atoms with E-state index >= 15 is 0 Å². The van der Waals surface area contributed by atoms with Crippen LogP contribution in [0.5, 0.6) is 0 Å². The van der Waals surface area contributed by atoms with Crippen molar-refractivity contribution in [3.05, 3.63) is 35.3 Å². The first-order chi connectivity index (χ1) is 10.1. The predicted molar refractivity (Wildman–Crippen MR) is 84.4 cm³/mol. The molecule has 1 fully saturated rings. The van der Waals surface area contributed by atoms with E-state index in [0.29, 0.717) is 11.7 Å². The number of aryl methyl sites for hydroxylation is 1. The molecule has 1 aromatic rings. The van der Waals surface area contributed by atoms with E-state index in [9.17, 15) is 4.79 Å². The molecule has 0 spiro atoms. The summed E-state index contributed by atoms with van der Waals surface area (Å²) in [6.45, 7) is 10.2. The Labute approximate surface area is 127 Å². The minimum Gasteiger partial charge on any atom is -0.459 e. The lowest BCUT2D eigenvalue weighted by Gasteiger charge is -2.31. The van der Waals surface area contributed by atoms with Crippen molar-refractivity contribution in [3.8, 4) is 0 Å². The summed E-state index contributed by atoms with van der Waals surface area (Å²) in [5.74, 6) is 0.924. The molecule has 1 N–H and O–H groups in total. The highest BCUT2D eigenvalue weighted by atomic mass is 16.3. The third kappa shape index (κ3) is 4.74. The summed E-state index contributed by atoms with van der Waals surface area (Å²) in [5.41, 5.74) is 2.27. The van der Waals surface area contributed by atoms with E-state index in [1.165, 1.54) is 5.57 Å². The van der Waals surface area contributed by atoms with Gasteiger partial charge in [-0.1, -0.05) is 11.6 Å². The van der Waals surface area contributed by atoms with Crippen LogP contribution in [0.1, 0.15) is 42.8 Å². The second kappa shape index (κ2) is 7.46. The van der Waals surface area contributed by atoms with Crippen molar-refractivity contribution in [1.82, 2.24) is 10.2 Å². The molecule has 0 aromatic carbocycles. The number of hydrogen-bond donors (Lipinski definition) is 1. The van der Waals surface area contributed by atoms with Gasteiger partial charge in [-0.3, -0.25) is 9.69 Å². The second-order valence-corrected chi connectivity index (χ2v) is 6.17. The number of rotatable bonds is 5. The van der Waals surface area contributed by atoms with Crippen LogP contribution in [0.4, 0.5) is 0 Å². The average molecular weight is 290 g/mol. The number of furan rings is 1. The molecule has 1 amide bonds. The standard InChI is InChI=1S/C17H26N2O2/c1-13(2)4-8-19-9-5-15(6-10-19)12-18-17(20)16-14(3)7-11-21-16/h4,7,11,15H,5-6,8-10,12H2,1-3H3,(H,18,20). The highest BCUT2D eigenvalue weighted by molar-refractivity contribution is 5.92. The molecule has 2 rings (SSSR count). The Morgan fingerprint density at radius 3 is 2.71 bits per heavy atom. The van der Waals surface area contributed by atoms with Crippen molar-refractivity contribution in [2.45, 2.75) is 33.6 Å². The zero-order valence-corrected chi connectivity index (χ0v) is 13.3. The number of amides is 1. The molecule has 0 bridgehead atoms. The molecular weight excluding hydrogens is 264 g/mol. The highest BCUT2D eigenvalue weighted by Crippen LogP contribution is 2.17. The van der Waals surface area contributed by atoms with Crippen LogP contribution < -0.4 is 5.32 Å². The maximum atomic E-state index is 12.0. The quantitative estimate of drug-likeness (QED) is 0.848. The number of carbonyl (C=O) groups excluding carboxylic acids is 1. The number of carbonyl (C=O) groups is 1. The minimum atomic E-state index is -0.0931. The summed E-state index contributed by atoms with van der Waals surface area (Å²) in [5, 5.41) is 3.00. The molecule has 0 unspecified atom stereocenters. The van der Waals surface area contributed by atoms with Crippen LogP contribution in [0, 0.1) is 12.8 Å². The fourth-order valence-electron chi connectivity index (χ4n) is 2.61. The van der Waals surface area contributed by atoms with E-state index in [0.717, 1.165) is 44.6 Å². The molecule has 2 heterocycles. The average Bonchev–Trinajstić information content (AvgIpc) is 2.90. The van der Waals surface area contributed by atoms with E-state index in [1.54, 1.807) is 6.26 Å². The Morgan fingerprint density at radius 1 is 1.43 bits per heavy atom. The maximum Gasteiger partial charge on any atom is 0.287 e. The van der Waals surface area contributed by atoms with E-state index in [1.807, 2.05) is 13.0 Å². The summed E-state index contributed by atoms with van der Waals surface area (Å²) >= 11 is 0. The summed E-state index contributed by atoms with van der Waals surface area (Å²) < 4.78 is 5.21. The molecule has 1 aromatic heterocycles. The SMILES string of the molecule is CC(C)=CCN1CCC(CNC(=O)c2occc2C)CC1. The fourth-order valence-corrected chi connectivity index (χ4v) is 2.61. The Kier molecular flexibility index (Phi) is 5.62. The molecule has 1 aliphatic rings. The lowest BCUT2D eigenvalue weighted by Crippen LogP contribution is -2.38. The normalized spacial score (nSPS) is 16.7. The Balaban J connectivity index is 1.71. The van der Waals surface area contributed by atoms with Gasteiger partial charge in [0.1, 0.15) is 0 Å². The Morgan fingerprint density at radius 2 is 2.14 bits per heavy atom. The zero-order valence-electron chi connectivity index (χ0n) is 13.3. The largest absolute Gasteiger partial charge is 0.459 e. The summed E-state index contributed by atoms with van der Waals surface area (Å²) in [4.78, 5) is 14.5. The van der Waals surface area contributed by atoms with Crippen LogP contribution in [-0.2, 0) is 0 Å². The van der Waals surface area contributed by atoms with Crippen LogP contribution in [0.15, 0.2) is 28.4 Å². The first kappa shape index (κ1) is 15.8. The summed E-state index contributed by atoms with van der Waals surface area (Å²) in [7, 11) is 0. The molecule has 116 valence electrons. The minimum absolute atomic E-state index is 0.0931. The highest BCUT2D eigenvalue weighted by Gasteiger charge is 2.20. The van der Waals surface area contributed by atoms with Crippen molar-refractivity contribution >= 4 is 5.91 Å². The molecule has 0 aliphatic carbocycles. The van der Waals surface area contributed by atoms with Crippen LogP contribution in [0.2, 0.25) is 0 Å². The number of hydrogen-bond acceptors (Lipinski definition) is 3. The van der Waals surface area contributed by atoms with Crippen molar-refractivity contribution < 1.29 is 9.21 Å². The molecule has 21 heavy (non-hydrogen) atoms. The van der Waals surface area contributed by atoms with Crippen LogP contribution >= 0.6 is 0 Å². The molecule has 4 heteroatoms.